The largest absolute Gasteiger partial charge is 0.395 e. The summed E-state index contributed by atoms with van der Waals surface area (Å²) in [7, 11) is 0. The van der Waals surface area contributed by atoms with Gasteiger partial charge in [0, 0.05) is 49.7 Å². The zero-order chi connectivity index (χ0) is 12.9. The van der Waals surface area contributed by atoms with Crippen molar-refractivity contribution in [1.82, 2.24) is 20.7 Å². The third kappa shape index (κ3) is 2.03. The molecule has 3 aliphatic heterocycles. The summed E-state index contributed by atoms with van der Waals surface area (Å²) >= 11 is 0. The third-order valence-electron chi connectivity index (χ3n) is 5.85. The Bertz CT molecular complexity index is 346. The van der Waals surface area contributed by atoms with Crippen LogP contribution in [0.15, 0.2) is 0 Å². The molecule has 0 aromatic carbocycles. The Morgan fingerprint density at radius 1 is 1.26 bits per heavy atom. The predicted molar refractivity (Wildman–Crippen MR) is 73.6 cm³/mol. The van der Waals surface area contributed by atoms with Crippen LogP contribution >= 0.6 is 0 Å². The van der Waals surface area contributed by atoms with Crippen LogP contribution < -0.4 is 10.7 Å². The number of hydrogen-bond donors (Lipinski definition) is 3. The van der Waals surface area contributed by atoms with E-state index in [1.54, 1.807) is 0 Å². The van der Waals surface area contributed by atoms with Crippen molar-refractivity contribution in [1.29, 1.82) is 0 Å². The Kier molecular flexibility index (Phi) is 3.08. The van der Waals surface area contributed by atoms with Gasteiger partial charge in [0.2, 0.25) is 0 Å². The van der Waals surface area contributed by atoms with Crippen molar-refractivity contribution in [3.8, 4) is 0 Å². The van der Waals surface area contributed by atoms with Gasteiger partial charge < -0.3 is 10.4 Å². The fraction of sp³-hybridized carbons (Fsp3) is 1.00. The minimum atomic E-state index is 0.300. The van der Waals surface area contributed by atoms with Crippen LogP contribution in [0.25, 0.3) is 0 Å². The average molecular weight is 266 g/mol. The van der Waals surface area contributed by atoms with Crippen molar-refractivity contribution in [2.45, 2.75) is 43.3 Å². The molecule has 0 radical (unpaired) electrons. The summed E-state index contributed by atoms with van der Waals surface area (Å²) in [6.45, 7) is 5.78. The van der Waals surface area contributed by atoms with Crippen LogP contribution in [0.4, 0.5) is 0 Å². The molecule has 5 heteroatoms. The second kappa shape index (κ2) is 4.67. The fourth-order valence-corrected chi connectivity index (χ4v) is 4.52. The van der Waals surface area contributed by atoms with E-state index < -0.39 is 0 Å². The van der Waals surface area contributed by atoms with Crippen molar-refractivity contribution in [2.24, 2.45) is 5.92 Å². The van der Waals surface area contributed by atoms with E-state index in [4.69, 9.17) is 0 Å². The summed E-state index contributed by atoms with van der Waals surface area (Å²) in [5.74, 6) is 0.740. The molecule has 1 spiro atoms. The van der Waals surface area contributed by atoms with Crippen LogP contribution in [-0.4, -0.2) is 72.0 Å². The van der Waals surface area contributed by atoms with Crippen LogP contribution in [0, 0.1) is 5.92 Å². The average Bonchev–Trinajstić information content (AvgIpc) is 3.16. The Hall–Kier alpha value is -0.200. The summed E-state index contributed by atoms with van der Waals surface area (Å²) in [6, 6.07) is 1.31. The normalized spacial score (nSPS) is 41.8. The Morgan fingerprint density at radius 2 is 2.16 bits per heavy atom. The second-order valence-electron chi connectivity index (χ2n) is 6.80. The molecule has 3 N–H and O–H groups in total. The maximum Gasteiger partial charge on any atom is 0.0558 e. The number of aliphatic hydroxyl groups is 1. The van der Waals surface area contributed by atoms with E-state index in [1.165, 1.54) is 32.2 Å². The molecule has 0 aromatic rings. The molecule has 0 aromatic heterocycles. The van der Waals surface area contributed by atoms with E-state index in [0.717, 1.165) is 32.1 Å². The predicted octanol–water partition coefficient (Wildman–Crippen LogP) is -0.616. The Balaban J connectivity index is 1.54. The highest BCUT2D eigenvalue weighted by Crippen LogP contribution is 2.47. The number of hydrazine groups is 1. The number of fused-ring (bicyclic) bond motifs is 3. The smallest absolute Gasteiger partial charge is 0.0558 e. The first-order valence-electron chi connectivity index (χ1n) is 7.92. The van der Waals surface area contributed by atoms with E-state index in [-0.39, 0.29) is 0 Å². The lowest BCUT2D eigenvalue weighted by Crippen LogP contribution is -2.49. The quantitative estimate of drug-likeness (QED) is 0.622. The van der Waals surface area contributed by atoms with Gasteiger partial charge in [-0.1, -0.05) is 0 Å². The van der Waals surface area contributed by atoms with Crippen molar-refractivity contribution in [2.75, 3.05) is 39.3 Å². The molecule has 4 fully saturated rings. The van der Waals surface area contributed by atoms with Crippen LogP contribution in [0.1, 0.15) is 25.7 Å². The molecule has 3 heterocycles. The summed E-state index contributed by atoms with van der Waals surface area (Å²) < 4.78 is 0. The molecule has 0 amide bonds. The Morgan fingerprint density at radius 3 is 2.95 bits per heavy atom. The SMILES string of the molecule is OCCN1CC2C3CNCCC3NN2CCC12CC2. The molecule has 3 atom stereocenters. The van der Waals surface area contributed by atoms with Crippen LogP contribution in [0.2, 0.25) is 0 Å². The van der Waals surface area contributed by atoms with Gasteiger partial charge in [0.25, 0.3) is 0 Å². The summed E-state index contributed by atoms with van der Waals surface area (Å²) in [5.41, 5.74) is 4.20. The lowest BCUT2D eigenvalue weighted by Gasteiger charge is -2.34. The van der Waals surface area contributed by atoms with E-state index in [9.17, 15) is 5.11 Å². The summed E-state index contributed by atoms with van der Waals surface area (Å²) in [5, 5.41) is 15.4. The standard InChI is InChI=1S/C14H26N4O/c19-8-7-17-10-13-11-9-15-5-1-12(11)16-18(13)6-4-14(17)2-3-14/h11-13,15-16,19H,1-10H2. The molecule has 3 unspecified atom stereocenters. The molecule has 1 aliphatic carbocycles. The fourth-order valence-electron chi connectivity index (χ4n) is 4.52. The second-order valence-corrected chi connectivity index (χ2v) is 6.80. The molecule has 5 nitrogen and oxygen atoms in total. The summed E-state index contributed by atoms with van der Waals surface area (Å²) in [4.78, 5) is 2.59. The first-order valence-corrected chi connectivity index (χ1v) is 7.92. The van der Waals surface area contributed by atoms with Crippen molar-refractivity contribution >= 4 is 0 Å². The highest BCUT2D eigenvalue weighted by atomic mass is 16.3. The molecular formula is C14H26N4O. The van der Waals surface area contributed by atoms with Gasteiger partial charge in [-0.05, 0) is 32.2 Å². The minimum absolute atomic E-state index is 0.300. The zero-order valence-electron chi connectivity index (χ0n) is 11.6. The van der Waals surface area contributed by atoms with E-state index in [0.29, 0.717) is 24.2 Å². The van der Waals surface area contributed by atoms with Gasteiger partial charge in [-0.2, -0.15) is 0 Å². The maximum absolute atomic E-state index is 9.36. The van der Waals surface area contributed by atoms with Gasteiger partial charge in [-0.25, -0.2) is 5.01 Å². The first kappa shape index (κ1) is 12.5. The van der Waals surface area contributed by atoms with Gasteiger partial charge in [0.05, 0.1) is 6.61 Å². The number of aliphatic hydroxyl groups excluding tert-OH is 1. The highest BCUT2D eigenvalue weighted by Gasteiger charge is 2.53. The monoisotopic (exact) mass is 266 g/mol. The molecular weight excluding hydrogens is 240 g/mol. The third-order valence-corrected chi connectivity index (χ3v) is 5.85. The van der Waals surface area contributed by atoms with Gasteiger partial charge in [-0.15, -0.1) is 0 Å². The van der Waals surface area contributed by atoms with E-state index >= 15 is 0 Å². The van der Waals surface area contributed by atoms with Crippen LogP contribution in [0.5, 0.6) is 0 Å². The number of rotatable bonds is 2. The lowest BCUT2D eigenvalue weighted by atomic mass is 9.89. The van der Waals surface area contributed by atoms with Crippen molar-refractivity contribution < 1.29 is 5.11 Å². The van der Waals surface area contributed by atoms with Gasteiger partial charge in [0.1, 0.15) is 0 Å². The van der Waals surface area contributed by atoms with Gasteiger partial charge >= 0.3 is 0 Å². The topological polar surface area (TPSA) is 50.8 Å². The van der Waals surface area contributed by atoms with Crippen LogP contribution in [0.3, 0.4) is 0 Å². The highest BCUT2D eigenvalue weighted by molar-refractivity contribution is 5.09. The van der Waals surface area contributed by atoms with Crippen LogP contribution in [-0.2, 0) is 0 Å². The maximum atomic E-state index is 9.36. The van der Waals surface area contributed by atoms with E-state index in [1.807, 2.05) is 0 Å². The first-order chi connectivity index (χ1) is 9.32. The molecule has 108 valence electrons. The molecule has 4 aliphatic rings. The number of nitrogens with one attached hydrogen (secondary N) is 2. The summed E-state index contributed by atoms with van der Waals surface area (Å²) in [6.07, 6.45) is 5.19. The van der Waals surface area contributed by atoms with Crippen molar-refractivity contribution in [3.05, 3.63) is 0 Å². The number of piperidine rings is 1. The molecule has 1 saturated carbocycles. The van der Waals surface area contributed by atoms with Gasteiger partial charge in [-0.3, -0.25) is 10.3 Å². The zero-order valence-corrected chi connectivity index (χ0v) is 11.6. The number of hydrogen-bond acceptors (Lipinski definition) is 5. The molecule has 0 bridgehead atoms. The van der Waals surface area contributed by atoms with Gasteiger partial charge in [0.15, 0.2) is 0 Å². The Labute approximate surface area is 115 Å². The number of nitrogens with zero attached hydrogens (tertiary/aromatic N) is 2. The molecule has 3 saturated heterocycles. The minimum Gasteiger partial charge on any atom is -0.395 e. The molecule has 4 rings (SSSR count). The van der Waals surface area contributed by atoms with Crippen molar-refractivity contribution in [3.63, 3.8) is 0 Å². The molecule has 19 heavy (non-hydrogen) atoms. The lowest BCUT2D eigenvalue weighted by molar-refractivity contribution is 0.114. The van der Waals surface area contributed by atoms with E-state index in [2.05, 4.69) is 20.7 Å². The number of β-amino-alcohol motifs (C(OH)–C–C–N with tert-alkyl or cyclic N) is 1.